The lowest BCUT2D eigenvalue weighted by Crippen LogP contribution is -2.38. The van der Waals surface area contributed by atoms with Crippen LogP contribution in [0.15, 0.2) is 23.3 Å². The van der Waals surface area contributed by atoms with Gasteiger partial charge in [0.15, 0.2) is 0 Å². The number of thioether (sulfide) groups is 1. The number of hydrogen-bond acceptors (Lipinski definition) is 7. The summed E-state index contributed by atoms with van der Waals surface area (Å²) in [7, 11) is 0. The summed E-state index contributed by atoms with van der Waals surface area (Å²) in [6, 6.07) is 1.54. The Balaban J connectivity index is 1.62. The van der Waals surface area contributed by atoms with Gasteiger partial charge in [0, 0.05) is 24.4 Å². The van der Waals surface area contributed by atoms with Gasteiger partial charge in [-0.15, -0.1) is 0 Å². The Morgan fingerprint density at radius 2 is 2.29 bits per heavy atom. The Bertz CT molecular complexity index is 809. The zero-order chi connectivity index (χ0) is 16.5. The molecule has 24 heavy (non-hydrogen) atoms. The number of ether oxygens (including phenoxy) is 1. The smallest absolute Gasteiger partial charge is 0.267 e. The van der Waals surface area contributed by atoms with Gasteiger partial charge in [-0.3, -0.25) is 9.78 Å². The fraction of sp³-hybridized carbons (Fsp3) is 0.500. The van der Waals surface area contributed by atoms with Gasteiger partial charge < -0.3 is 10.1 Å². The molecule has 1 N–H and O–H groups in total. The van der Waals surface area contributed by atoms with Crippen LogP contribution in [0.2, 0.25) is 0 Å². The van der Waals surface area contributed by atoms with Crippen LogP contribution in [0.3, 0.4) is 0 Å². The number of nitrogens with zero attached hydrogens (tertiary/aromatic N) is 4. The molecule has 0 saturated carbocycles. The molecule has 0 radical (unpaired) electrons. The van der Waals surface area contributed by atoms with Crippen LogP contribution in [0.5, 0.6) is 0 Å². The topological polar surface area (TPSA) is 81.9 Å². The minimum absolute atomic E-state index is 0.0534. The van der Waals surface area contributed by atoms with Crippen LogP contribution in [-0.4, -0.2) is 44.8 Å². The van der Waals surface area contributed by atoms with E-state index in [0.29, 0.717) is 19.0 Å². The highest BCUT2D eigenvalue weighted by atomic mass is 32.2. The summed E-state index contributed by atoms with van der Waals surface area (Å²) in [6.45, 7) is 2.88. The largest absolute Gasteiger partial charge is 0.377 e. The van der Waals surface area contributed by atoms with Crippen LogP contribution >= 0.6 is 11.8 Å². The Hall–Kier alpha value is -1.93. The third kappa shape index (κ3) is 3.03. The number of fused-ring (bicyclic) bond motifs is 1. The molecule has 8 heteroatoms. The number of rotatable bonds is 3. The molecule has 0 aromatic carbocycles. The molecule has 4 rings (SSSR count). The van der Waals surface area contributed by atoms with E-state index in [0.717, 1.165) is 34.9 Å². The molecule has 2 aromatic rings. The highest BCUT2D eigenvalue weighted by Gasteiger charge is 2.32. The summed E-state index contributed by atoms with van der Waals surface area (Å²) in [4.78, 5) is 21.1. The molecular formula is C16H19N5O2S. The van der Waals surface area contributed by atoms with E-state index in [-0.39, 0.29) is 17.6 Å². The number of aryl methyl sites for hydroxylation is 2. The van der Waals surface area contributed by atoms with Gasteiger partial charge in [-0.1, -0.05) is 0 Å². The van der Waals surface area contributed by atoms with E-state index in [1.54, 1.807) is 23.1 Å². The molecule has 1 saturated heterocycles. The summed E-state index contributed by atoms with van der Waals surface area (Å²) in [5, 5.41) is 7.97. The second-order valence-electron chi connectivity index (χ2n) is 6.10. The molecule has 2 atom stereocenters. The molecule has 2 aliphatic rings. The summed E-state index contributed by atoms with van der Waals surface area (Å²) in [5.74, 6) is 2.62. The summed E-state index contributed by atoms with van der Waals surface area (Å²) >= 11 is 1.85. The first kappa shape index (κ1) is 15.6. The van der Waals surface area contributed by atoms with Crippen LogP contribution in [0.1, 0.15) is 23.0 Å². The van der Waals surface area contributed by atoms with Crippen LogP contribution in [0.25, 0.3) is 0 Å². The van der Waals surface area contributed by atoms with Gasteiger partial charge >= 0.3 is 0 Å². The fourth-order valence-electron chi connectivity index (χ4n) is 3.11. The lowest BCUT2D eigenvalue weighted by Gasteiger charge is -2.23. The van der Waals surface area contributed by atoms with Gasteiger partial charge in [0.1, 0.15) is 11.9 Å². The van der Waals surface area contributed by atoms with Crippen molar-refractivity contribution in [3.8, 4) is 0 Å². The molecule has 2 aliphatic heterocycles. The van der Waals surface area contributed by atoms with Gasteiger partial charge in [0.25, 0.3) is 5.56 Å². The normalized spacial score (nSPS) is 23.0. The number of hydrogen-bond donors (Lipinski definition) is 1. The molecule has 2 unspecified atom stereocenters. The number of anilines is 1. The Morgan fingerprint density at radius 1 is 1.38 bits per heavy atom. The van der Waals surface area contributed by atoms with Gasteiger partial charge in [0.05, 0.1) is 36.8 Å². The van der Waals surface area contributed by atoms with Crippen molar-refractivity contribution in [2.75, 3.05) is 24.3 Å². The molecule has 4 heterocycles. The summed E-state index contributed by atoms with van der Waals surface area (Å²) in [6.07, 6.45) is 4.30. The Kier molecular flexibility index (Phi) is 4.24. The van der Waals surface area contributed by atoms with Crippen molar-refractivity contribution in [1.82, 2.24) is 19.7 Å². The van der Waals surface area contributed by atoms with Crippen LogP contribution in [0, 0.1) is 6.92 Å². The maximum Gasteiger partial charge on any atom is 0.267 e. The third-order valence-electron chi connectivity index (χ3n) is 4.32. The summed E-state index contributed by atoms with van der Waals surface area (Å²) in [5.41, 5.74) is 2.89. The first-order valence-corrected chi connectivity index (χ1v) is 9.18. The minimum Gasteiger partial charge on any atom is -0.377 e. The number of nitrogens with one attached hydrogen (secondary N) is 1. The average molecular weight is 345 g/mol. The van der Waals surface area contributed by atoms with Crippen LogP contribution in [0.4, 0.5) is 5.82 Å². The van der Waals surface area contributed by atoms with Crippen molar-refractivity contribution in [2.45, 2.75) is 31.2 Å². The maximum atomic E-state index is 12.5. The van der Waals surface area contributed by atoms with E-state index in [9.17, 15) is 4.79 Å². The number of aromatic nitrogens is 4. The SMILES string of the molecule is Cc1cncc(NC2COCC2n2nc3c(cc2=O)CSCC3)n1. The van der Waals surface area contributed by atoms with E-state index in [2.05, 4.69) is 20.4 Å². The lowest BCUT2D eigenvalue weighted by molar-refractivity contribution is 0.182. The van der Waals surface area contributed by atoms with Crippen molar-refractivity contribution in [3.63, 3.8) is 0 Å². The predicted molar refractivity (Wildman–Crippen MR) is 92.4 cm³/mol. The lowest BCUT2D eigenvalue weighted by atomic mass is 10.1. The van der Waals surface area contributed by atoms with E-state index in [1.165, 1.54) is 0 Å². The van der Waals surface area contributed by atoms with E-state index >= 15 is 0 Å². The zero-order valence-electron chi connectivity index (χ0n) is 13.4. The minimum atomic E-state index is -0.139. The Labute approximate surface area is 143 Å². The monoisotopic (exact) mass is 345 g/mol. The molecular weight excluding hydrogens is 326 g/mol. The molecule has 2 aromatic heterocycles. The average Bonchev–Trinajstić information content (AvgIpc) is 3.02. The first-order valence-electron chi connectivity index (χ1n) is 8.03. The molecule has 126 valence electrons. The van der Waals surface area contributed by atoms with Crippen molar-refractivity contribution in [1.29, 1.82) is 0 Å². The molecule has 0 aliphatic carbocycles. The molecule has 0 spiro atoms. The van der Waals surface area contributed by atoms with Crippen LogP contribution < -0.4 is 10.9 Å². The van der Waals surface area contributed by atoms with Crippen LogP contribution in [-0.2, 0) is 16.9 Å². The molecule has 0 bridgehead atoms. The zero-order valence-corrected chi connectivity index (χ0v) is 14.3. The van der Waals surface area contributed by atoms with Gasteiger partial charge in [-0.25, -0.2) is 9.67 Å². The predicted octanol–water partition coefficient (Wildman–Crippen LogP) is 1.18. The standard InChI is InChI=1S/C16H19N5O2S/c1-10-5-17-6-15(18-10)19-13-7-23-8-14(13)21-16(22)4-11-9-24-3-2-12(11)20-21/h4-6,13-14H,2-3,7-9H2,1H3,(H,18,19). The van der Waals surface area contributed by atoms with E-state index in [4.69, 9.17) is 4.74 Å². The highest BCUT2D eigenvalue weighted by molar-refractivity contribution is 7.98. The van der Waals surface area contributed by atoms with Crippen molar-refractivity contribution in [2.24, 2.45) is 0 Å². The quantitative estimate of drug-likeness (QED) is 0.894. The van der Waals surface area contributed by atoms with Gasteiger partial charge in [0.2, 0.25) is 0 Å². The second kappa shape index (κ2) is 6.52. The highest BCUT2D eigenvalue weighted by Crippen LogP contribution is 2.24. The Morgan fingerprint density at radius 3 is 3.17 bits per heavy atom. The molecule has 7 nitrogen and oxygen atoms in total. The first-order chi connectivity index (χ1) is 11.7. The van der Waals surface area contributed by atoms with Crippen molar-refractivity contribution < 1.29 is 4.74 Å². The van der Waals surface area contributed by atoms with Gasteiger partial charge in [-0.2, -0.15) is 16.9 Å². The van der Waals surface area contributed by atoms with E-state index in [1.807, 2.05) is 18.7 Å². The van der Waals surface area contributed by atoms with Gasteiger partial charge in [-0.05, 0) is 18.2 Å². The molecule has 1 fully saturated rings. The van der Waals surface area contributed by atoms with Crippen molar-refractivity contribution in [3.05, 3.63) is 45.8 Å². The second-order valence-corrected chi connectivity index (χ2v) is 7.21. The van der Waals surface area contributed by atoms with Crippen molar-refractivity contribution >= 4 is 17.6 Å². The fourth-order valence-corrected chi connectivity index (χ4v) is 4.06. The third-order valence-corrected chi connectivity index (χ3v) is 5.32. The molecule has 0 amide bonds. The maximum absolute atomic E-state index is 12.5. The summed E-state index contributed by atoms with van der Waals surface area (Å²) < 4.78 is 7.20. The van der Waals surface area contributed by atoms with E-state index < -0.39 is 0 Å².